The molecule has 0 radical (unpaired) electrons. The van der Waals surface area contributed by atoms with E-state index in [1.807, 2.05) is 11.8 Å². The first kappa shape index (κ1) is 12.4. The highest BCUT2D eigenvalue weighted by Gasteiger charge is 2.17. The lowest BCUT2D eigenvalue weighted by Crippen LogP contribution is -2.26. The standard InChI is InChI=1S/C10H14F2N4S/c11-7-5-8(12)10(16-13)15-9(7)14-6-1-3-17-4-2-6/h5-6H,1-4,13H2,(H2,14,15,16). The fourth-order valence-electron chi connectivity index (χ4n) is 1.70. The molecule has 2 heterocycles. The maximum Gasteiger partial charge on any atom is 0.178 e. The number of anilines is 2. The average molecular weight is 260 g/mol. The zero-order chi connectivity index (χ0) is 12.3. The number of hydrogen-bond donors (Lipinski definition) is 3. The van der Waals surface area contributed by atoms with Crippen molar-refractivity contribution in [1.82, 2.24) is 4.98 Å². The molecule has 94 valence electrons. The largest absolute Gasteiger partial charge is 0.365 e. The van der Waals surface area contributed by atoms with Crippen molar-refractivity contribution in [3.8, 4) is 0 Å². The van der Waals surface area contributed by atoms with Crippen LogP contribution >= 0.6 is 11.8 Å². The van der Waals surface area contributed by atoms with E-state index in [0.717, 1.165) is 30.4 Å². The van der Waals surface area contributed by atoms with Gasteiger partial charge in [-0.15, -0.1) is 0 Å². The number of nitrogens with zero attached hydrogens (tertiary/aromatic N) is 1. The summed E-state index contributed by atoms with van der Waals surface area (Å²) in [5.74, 6) is 5.59. The molecule has 0 aromatic carbocycles. The molecule has 2 rings (SSSR count). The van der Waals surface area contributed by atoms with E-state index in [2.05, 4.69) is 15.7 Å². The molecule has 7 heteroatoms. The van der Waals surface area contributed by atoms with Gasteiger partial charge in [0.2, 0.25) is 0 Å². The van der Waals surface area contributed by atoms with Crippen molar-refractivity contribution in [1.29, 1.82) is 0 Å². The van der Waals surface area contributed by atoms with Gasteiger partial charge in [-0.25, -0.2) is 19.6 Å². The summed E-state index contributed by atoms with van der Waals surface area (Å²) in [6, 6.07) is 0.969. The fourth-order valence-corrected chi connectivity index (χ4v) is 2.81. The predicted molar refractivity (Wildman–Crippen MR) is 65.9 cm³/mol. The number of aromatic nitrogens is 1. The first-order chi connectivity index (χ1) is 8.20. The Labute approximate surface area is 102 Å². The number of nitrogens with one attached hydrogen (secondary N) is 2. The van der Waals surface area contributed by atoms with Gasteiger partial charge in [0.05, 0.1) is 0 Å². The zero-order valence-electron chi connectivity index (χ0n) is 9.17. The van der Waals surface area contributed by atoms with E-state index in [1.165, 1.54) is 0 Å². The van der Waals surface area contributed by atoms with Crippen molar-refractivity contribution < 1.29 is 8.78 Å². The molecule has 1 aliphatic rings. The molecule has 1 aromatic rings. The molecule has 0 amide bonds. The molecule has 0 saturated carbocycles. The first-order valence-electron chi connectivity index (χ1n) is 5.37. The third-order valence-corrected chi connectivity index (χ3v) is 3.68. The van der Waals surface area contributed by atoms with Crippen LogP contribution in [0.15, 0.2) is 6.07 Å². The number of nitrogen functional groups attached to an aromatic ring is 1. The Morgan fingerprint density at radius 2 is 1.88 bits per heavy atom. The number of thioether (sulfide) groups is 1. The summed E-state index contributed by atoms with van der Waals surface area (Å²) < 4.78 is 26.6. The molecule has 1 saturated heterocycles. The Bertz CT molecular complexity index is 396. The minimum absolute atomic E-state index is 0.0521. The molecule has 0 atom stereocenters. The van der Waals surface area contributed by atoms with Crippen molar-refractivity contribution >= 4 is 23.4 Å². The summed E-state index contributed by atoms with van der Waals surface area (Å²) in [6.07, 6.45) is 1.91. The Morgan fingerprint density at radius 1 is 1.24 bits per heavy atom. The number of halogens is 2. The van der Waals surface area contributed by atoms with Crippen LogP contribution < -0.4 is 16.6 Å². The van der Waals surface area contributed by atoms with Crippen molar-refractivity contribution in [2.24, 2.45) is 5.84 Å². The van der Waals surface area contributed by atoms with Gasteiger partial charge in [0, 0.05) is 12.1 Å². The molecule has 17 heavy (non-hydrogen) atoms. The summed E-state index contributed by atoms with van der Waals surface area (Å²) in [4.78, 5) is 3.78. The molecule has 4 N–H and O–H groups in total. The summed E-state index contributed by atoms with van der Waals surface area (Å²) in [6.45, 7) is 0. The van der Waals surface area contributed by atoms with Gasteiger partial charge in [0.1, 0.15) is 0 Å². The van der Waals surface area contributed by atoms with Crippen LogP contribution in [0, 0.1) is 11.6 Å². The second-order valence-electron chi connectivity index (χ2n) is 3.82. The van der Waals surface area contributed by atoms with Crippen molar-refractivity contribution in [2.45, 2.75) is 18.9 Å². The lowest BCUT2D eigenvalue weighted by Gasteiger charge is -2.23. The smallest absolute Gasteiger partial charge is 0.178 e. The summed E-state index contributed by atoms with van der Waals surface area (Å²) in [7, 11) is 0. The van der Waals surface area contributed by atoms with Crippen LogP contribution in [0.1, 0.15) is 12.8 Å². The zero-order valence-corrected chi connectivity index (χ0v) is 9.99. The molecule has 1 aliphatic heterocycles. The third-order valence-electron chi connectivity index (χ3n) is 2.63. The lowest BCUT2D eigenvalue weighted by molar-refractivity contribution is 0.571. The molecule has 0 bridgehead atoms. The van der Waals surface area contributed by atoms with Crippen molar-refractivity contribution in [3.63, 3.8) is 0 Å². The maximum atomic E-state index is 13.5. The highest BCUT2D eigenvalue weighted by molar-refractivity contribution is 7.99. The summed E-state index contributed by atoms with van der Waals surface area (Å²) in [5, 5.41) is 2.99. The van der Waals surface area contributed by atoms with E-state index in [0.29, 0.717) is 0 Å². The van der Waals surface area contributed by atoms with E-state index in [9.17, 15) is 8.78 Å². The lowest BCUT2D eigenvalue weighted by atomic mass is 10.1. The maximum absolute atomic E-state index is 13.5. The quantitative estimate of drug-likeness (QED) is 0.573. The van der Waals surface area contributed by atoms with Crippen LogP contribution in [0.2, 0.25) is 0 Å². The van der Waals surface area contributed by atoms with Crippen molar-refractivity contribution in [2.75, 3.05) is 22.2 Å². The van der Waals surface area contributed by atoms with Gasteiger partial charge in [-0.3, -0.25) is 0 Å². The molecular formula is C10H14F2N4S. The highest BCUT2D eigenvalue weighted by Crippen LogP contribution is 2.23. The van der Waals surface area contributed by atoms with Gasteiger partial charge in [0.15, 0.2) is 23.3 Å². The second-order valence-corrected chi connectivity index (χ2v) is 5.05. The van der Waals surface area contributed by atoms with Crippen LogP contribution in [0.4, 0.5) is 20.4 Å². The Kier molecular flexibility index (Phi) is 4.01. The highest BCUT2D eigenvalue weighted by atomic mass is 32.2. The predicted octanol–water partition coefficient (Wildman–Crippen LogP) is 1.95. The molecule has 0 aliphatic carbocycles. The van der Waals surface area contributed by atoms with Gasteiger partial charge >= 0.3 is 0 Å². The van der Waals surface area contributed by atoms with Gasteiger partial charge in [-0.05, 0) is 24.3 Å². The Balaban J connectivity index is 2.13. The number of rotatable bonds is 3. The molecule has 1 fully saturated rings. The van der Waals surface area contributed by atoms with E-state index in [4.69, 9.17) is 5.84 Å². The van der Waals surface area contributed by atoms with E-state index in [1.54, 1.807) is 0 Å². The average Bonchev–Trinajstić information content (AvgIpc) is 2.34. The minimum Gasteiger partial charge on any atom is -0.365 e. The van der Waals surface area contributed by atoms with Crippen LogP contribution in [0.5, 0.6) is 0 Å². The third kappa shape index (κ3) is 2.98. The summed E-state index contributed by atoms with van der Waals surface area (Å²) in [5.41, 5.74) is 2.10. The topological polar surface area (TPSA) is 63.0 Å². The van der Waals surface area contributed by atoms with E-state index in [-0.39, 0.29) is 17.7 Å². The Morgan fingerprint density at radius 3 is 2.53 bits per heavy atom. The normalized spacial score (nSPS) is 16.9. The molecular weight excluding hydrogens is 246 g/mol. The SMILES string of the molecule is NNc1nc(NC2CCSCC2)c(F)cc1F. The fraction of sp³-hybridized carbons (Fsp3) is 0.500. The van der Waals surface area contributed by atoms with Gasteiger partial charge < -0.3 is 10.7 Å². The van der Waals surface area contributed by atoms with E-state index < -0.39 is 11.6 Å². The number of nitrogens with two attached hydrogens (primary N) is 1. The summed E-state index contributed by atoms with van der Waals surface area (Å²) >= 11 is 1.88. The monoisotopic (exact) mass is 260 g/mol. The molecule has 0 spiro atoms. The second kappa shape index (κ2) is 5.50. The Hall–Kier alpha value is -1.08. The van der Waals surface area contributed by atoms with Gasteiger partial charge in [0.25, 0.3) is 0 Å². The first-order valence-corrected chi connectivity index (χ1v) is 6.53. The van der Waals surface area contributed by atoms with Crippen LogP contribution in [0.25, 0.3) is 0 Å². The van der Waals surface area contributed by atoms with Gasteiger partial charge in [-0.2, -0.15) is 11.8 Å². The van der Waals surface area contributed by atoms with Gasteiger partial charge in [-0.1, -0.05) is 0 Å². The molecule has 0 unspecified atom stereocenters. The van der Waals surface area contributed by atoms with Crippen molar-refractivity contribution in [3.05, 3.63) is 17.7 Å². The van der Waals surface area contributed by atoms with Crippen LogP contribution in [0.3, 0.4) is 0 Å². The van der Waals surface area contributed by atoms with Crippen LogP contribution in [-0.2, 0) is 0 Å². The minimum atomic E-state index is -0.797. The molecule has 1 aromatic heterocycles. The number of hydrogen-bond acceptors (Lipinski definition) is 5. The molecule has 4 nitrogen and oxygen atoms in total. The number of hydrazine groups is 1. The van der Waals surface area contributed by atoms with Crippen LogP contribution in [-0.4, -0.2) is 22.5 Å². The van der Waals surface area contributed by atoms with E-state index >= 15 is 0 Å². The number of pyridine rings is 1.